The molecule has 1 aromatic carbocycles. The van der Waals surface area contributed by atoms with Crippen LogP contribution >= 0.6 is 0 Å². The average molecular weight is 265 g/mol. The van der Waals surface area contributed by atoms with Crippen LogP contribution in [0, 0.1) is 0 Å². The van der Waals surface area contributed by atoms with Gasteiger partial charge in [-0.3, -0.25) is 0 Å². The molecular formula is C17H31NO. The highest BCUT2D eigenvalue weighted by atomic mass is 16.5. The van der Waals surface area contributed by atoms with Crippen molar-refractivity contribution in [1.29, 1.82) is 0 Å². The van der Waals surface area contributed by atoms with Crippen molar-refractivity contribution in [3.63, 3.8) is 0 Å². The molecule has 2 nitrogen and oxygen atoms in total. The monoisotopic (exact) mass is 265 g/mol. The van der Waals surface area contributed by atoms with E-state index in [-0.39, 0.29) is 0 Å². The third-order valence-electron chi connectivity index (χ3n) is 3.00. The van der Waals surface area contributed by atoms with Crippen molar-refractivity contribution in [2.75, 3.05) is 19.5 Å². The van der Waals surface area contributed by atoms with E-state index in [0.717, 1.165) is 12.3 Å². The Labute approximate surface area is 119 Å². The second-order valence-electron chi connectivity index (χ2n) is 4.88. The summed E-state index contributed by atoms with van der Waals surface area (Å²) in [5.41, 5.74) is 6.18. The lowest BCUT2D eigenvalue weighted by atomic mass is 10.1. The van der Waals surface area contributed by atoms with Gasteiger partial charge in [0, 0.05) is 19.4 Å². The Balaban J connectivity index is 0.000000388. The highest BCUT2D eigenvalue weighted by Crippen LogP contribution is 2.07. The topological polar surface area (TPSA) is 35.2 Å². The maximum atomic E-state index is 5.36. The molecule has 0 fully saturated rings. The summed E-state index contributed by atoms with van der Waals surface area (Å²) in [6, 6.07) is 9.49. The van der Waals surface area contributed by atoms with Crippen LogP contribution < -0.4 is 5.73 Å². The number of rotatable bonds is 9. The van der Waals surface area contributed by atoms with Gasteiger partial charge in [0.25, 0.3) is 0 Å². The smallest absolute Gasteiger partial charge is 0.0462 e. The first-order valence-electron chi connectivity index (χ1n) is 7.60. The predicted molar refractivity (Wildman–Crippen MR) is 85.3 cm³/mol. The third kappa shape index (κ3) is 14.9. The number of para-hydroxylation sites is 1. The van der Waals surface area contributed by atoms with E-state index >= 15 is 0 Å². The Hall–Kier alpha value is -1.02. The zero-order valence-electron chi connectivity index (χ0n) is 12.7. The Morgan fingerprint density at radius 1 is 0.842 bits per heavy atom. The fourth-order valence-corrected chi connectivity index (χ4v) is 1.83. The van der Waals surface area contributed by atoms with Crippen LogP contribution in [-0.4, -0.2) is 13.7 Å². The van der Waals surface area contributed by atoms with Crippen LogP contribution in [0.5, 0.6) is 0 Å². The van der Waals surface area contributed by atoms with Gasteiger partial charge in [-0.15, -0.1) is 0 Å². The van der Waals surface area contributed by atoms with Crippen LogP contribution in [0.4, 0.5) is 5.69 Å². The molecule has 0 heterocycles. The van der Waals surface area contributed by atoms with E-state index in [1.54, 1.807) is 7.11 Å². The van der Waals surface area contributed by atoms with E-state index in [2.05, 4.69) is 6.92 Å². The molecular weight excluding hydrogens is 234 g/mol. The second kappa shape index (κ2) is 15.0. The number of hydrogen-bond donors (Lipinski definition) is 1. The van der Waals surface area contributed by atoms with Crippen LogP contribution in [0.25, 0.3) is 0 Å². The fourth-order valence-electron chi connectivity index (χ4n) is 1.83. The lowest BCUT2D eigenvalue weighted by Gasteiger charge is -2.00. The number of hydrogen-bond acceptors (Lipinski definition) is 2. The number of nitrogens with two attached hydrogens (primary N) is 1. The highest BCUT2D eigenvalue weighted by Gasteiger charge is 1.90. The largest absolute Gasteiger partial charge is 0.399 e. The quantitative estimate of drug-likeness (QED) is 0.501. The Bertz CT molecular complexity index is 251. The molecule has 0 aliphatic rings. The summed E-state index contributed by atoms with van der Waals surface area (Å²) in [5.74, 6) is 0. The molecule has 0 aliphatic heterocycles. The van der Waals surface area contributed by atoms with Gasteiger partial charge in [0.15, 0.2) is 0 Å². The molecule has 0 saturated heterocycles. The SMILES string of the molecule is CCCCCCCCCCOC.Nc1ccccc1. The van der Waals surface area contributed by atoms with Gasteiger partial charge in [0.2, 0.25) is 0 Å². The molecule has 0 aromatic heterocycles. The number of unbranched alkanes of at least 4 members (excludes halogenated alkanes) is 7. The number of anilines is 1. The number of benzene rings is 1. The van der Waals surface area contributed by atoms with Gasteiger partial charge in [0.1, 0.15) is 0 Å². The van der Waals surface area contributed by atoms with Crippen LogP contribution in [0.3, 0.4) is 0 Å². The standard InChI is InChI=1S/C11H24O.C6H7N/c1-3-4-5-6-7-8-9-10-11-12-2;7-6-4-2-1-3-5-6/h3-11H2,1-2H3;1-5H,7H2. The first kappa shape index (κ1) is 18.0. The van der Waals surface area contributed by atoms with Gasteiger partial charge in [0.05, 0.1) is 0 Å². The van der Waals surface area contributed by atoms with Crippen molar-refractivity contribution in [2.24, 2.45) is 0 Å². The summed E-state index contributed by atoms with van der Waals surface area (Å²) in [4.78, 5) is 0. The average Bonchev–Trinajstić information content (AvgIpc) is 2.43. The molecule has 2 N–H and O–H groups in total. The second-order valence-corrected chi connectivity index (χ2v) is 4.88. The lowest BCUT2D eigenvalue weighted by Crippen LogP contribution is -1.88. The first-order chi connectivity index (χ1) is 9.31. The Kier molecular flexibility index (Phi) is 14.2. The third-order valence-corrected chi connectivity index (χ3v) is 3.00. The summed E-state index contributed by atoms with van der Waals surface area (Å²) in [5, 5.41) is 0. The number of nitrogen functional groups attached to an aromatic ring is 1. The van der Waals surface area contributed by atoms with Crippen LogP contribution in [0.1, 0.15) is 58.3 Å². The highest BCUT2D eigenvalue weighted by molar-refractivity contribution is 5.35. The molecule has 0 atom stereocenters. The fraction of sp³-hybridized carbons (Fsp3) is 0.647. The first-order valence-corrected chi connectivity index (χ1v) is 7.60. The normalized spacial score (nSPS) is 9.79. The molecule has 0 bridgehead atoms. The summed E-state index contributed by atoms with van der Waals surface area (Å²) in [6.07, 6.45) is 11.0. The Morgan fingerprint density at radius 2 is 1.37 bits per heavy atom. The molecule has 0 unspecified atom stereocenters. The van der Waals surface area contributed by atoms with E-state index in [0.29, 0.717) is 0 Å². The lowest BCUT2D eigenvalue weighted by molar-refractivity contribution is 0.192. The van der Waals surface area contributed by atoms with Crippen LogP contribution in [0.15, 0.2) is 30.3 Å². The minimum atomic E-state index is 0.822. The van der Waals surface area contributed by atoms with Crippen LogP contribution in [0.2, 0.25) is 0 Å². The molecule has 1 aromatic rings. The molecule has 1 rings (SSSR count). The van der Waals surface area contributed by atoms with Gasteiger partial charge in [-0.2, -0.15) is 0 Å². The van der Waals surface area contributed by atoms with Gasteiger partial charge in [-0.25, -0.2) is 0 Å². The van der Waals surface area contributed by atoms with Crippen LogP contribution in [-0.2, 0) is 4.74 Å². The van der Waals surface area contributed by atoms with E-state index in [9.17, 15) is 0 Å². The van der Waals surface area contributed by atoms with Gasteiger partial charge in [-0.05, 0) is 18.6 Å². The van der Waals surface area contributed by atoms with Crippen molar-refractivity contribution < 1.29 is 4.74 Å². The van der Waals surface area contributed by atoms with E-state index < -0.39 is 0 Å². The van der Waals surface area contributed by atoms with E-state index in [1.165, 1.54) is 51.4 Å². The van der Waals surface area contributed by atoms with Gasteiger partial charge < -0.3 is 10.5 Å². The van der Waals surface area contributed by atoms with Gasteiger partial charge in [-0.1, -0.05) is 70.1 Å². The maximum Gasteiger partial charge on any atom is 0.0462 e. The summed E-state index contributed by atoms with van der Waals surface area (Å²) >= 11 is 0. The summed E-state index contributed by atoms with van der Waals surface area (Å²) in [7, 11) is 1.78. The molecule has 0 saturated carbocycles. The van der Waals surface area contributed by atoms with E-state index in [1.807, 2.05) is 30.3 Å². The van der Waals surface area contributed by atoms with Gasteiger partial charge >= 0.3 is 0 Å². The zero-order chi connectivity index (χ0) is 14.2. The number of methoxy groups -OCH3 is 1. The molecule has 0 amide bonds. The van der Waals surface area contributed by atoms with Crippen molar-refractivity contribution in [1.82, 2.24) is 0 Å². The predicted octanol–water partition coefficient (Wildman–Crippen LogP) is 5.04. The molecule has 2 heteroatoms. The molecule has 0 aliphatic carbocycles. The molecule has 19 heavy (non-hydrogen) atoms. The molecule has 110 valence electrons. The van der Waals surface area contributed by atoms with Crippen molar-refractivity contribution in [3.8, 4) is 0 Å². The van der Waals surface area contributed by atoms with E-state index in [4.69, 9.17) is 10.5 Å². The zero-order valence-corrected chi connectivity index (χ0v) is 12.7. The minimum Gasteiger partial charge on any atom is -0.399 e. The minimum absolute atomic E-state index is 0.822. The number of ether oxygens (including phenoxy) is 1. The molecule has 0 spiro atoms. The maximum absolute atomic E-state index is 5.36. The summed E-state index contributed by atoms with van der Waals surface area (Å²) in [6.45, 7) is 3.20. The van der Waals surface area contributed by atoms with Crippen molar-refractivity contribution >= 4 is 5.69 Å². The Morgan fingerprint density at radius 3 is 1.79 bits per heavy atom. The van der Waals surface area contributed by atoms with Crippen molar-refractivity contribution in [3.05, 3.63) is 30.3 Å². The van der Waals surface area contributed by atoms with Crippen molar-refractivity contribution in [2.45, 2.75) is 58.3 Å². The molecule has 0 radical (unpaired) electrons. The summed E-state index contributed by atoms with van der Waals surface area (Å²) < 4.78 is 4.99.